The highest BCUT2D eigenvalue weighted by Crippen LogP contribution is 2.13. The molecule has 0 heterocycles. The normalized spacial score (nSPS) is 10.7. The van der Waals surface area contributed by atoms with Gasteiger partial charge in [-0.3, -0.25) is 4.79 Å². The first-order valence-corrected chi connectivity index (χ1v) is 7.28. The van der Waals surface area contributed by atoms with Crippen molar-refractivity contribution in [3.63, 3.8) is 0 Å². The molecule has 0 aliphatic heterocycles. The van der Waals surface area contributed by atoms with Crippen LogP contribution in [0, 0.1) is 0 Å². The second-order valence-corrected chi connectivity index (χ2v) is 5.36. The van der Waals surface area contributed by atoms with Crippen molar-refractivity contribution < 1.29 is 9.53 Å². The lowest BCUT2D eigenvalue weighted by molar-refractivity contribution is -0.125. The zero-order chi connectivity index (χ0) is 15.9. The molecule has 2 aromatic carbocycles. The Kier molecular flexibility index (Phi) is 5.61. The maximum atomic E-state index is 12.1. The molecule has 1 amide bonds. The molecule has 0 bridgehead atoms. The van der Waals surface area contributed by atoms with E-state index >= 15 is 0 Å². The highest BCUT2D eigenvalue weighted by molar-refractivity contribution is 6.30. The van der Waals surface area contributed by atoms with Crippen molar-refractivity contribution in [1.82, 2.24) is 4.90 Å². The van der Waals surface area contributed by atoms with Crippen molar-refractivity contribution in [1.29, 1.82) is 0 Å². The van der Waals surface area contributed by atoms with E-state index in [-0.39, 0.29) is 5.91 Å². The van der Waals surface area contributed by atoms with Gasteiger partial charge in [-0.2, -0.15) is 0 Å². The zero-order valence-corrected chi connectivity index (χ0v) is 13.4. The number of carbonyl (C=O) groups is 1. The maximum Gasteiger partial charge on any atom is 0.246 e. The van der Waals surface area contributed by atoms with E-state index in [4.69, 9.17) is 16.3 Å². The topological polar surface area (TPSA) is 29.5 Å². The third kappa shape index (κ3) is 4.64. The van der Waals surface area contributed by atoms with Gasteiger partial charge in [0, 0.05) is 24.7 Å². The van der Waals surface area contributed by atoms with Crippen LogP contribution in [0.25, 0.3) is 6.08 Å². The Morgan fingerprint density at radius 3 is 2.36 bits per heavy atom. The number of ether oxygens (including phenoxy) is 1. The smallest absolute Gasteiger partial charge is 0.246 e. The molecule has 0 aliphatic rings. The molecule has 3 nitrogen and oxygen atoms in total. The van der Waals surface area contributed by atoms with E-state index in [1.54, 1.807) is 43.3 Å². The predicted octanol–water partition coefficient (Wildman–Crippen LogP) is 4.02. The highest BCUT2D eigenvalue weighted by Gasteiger charge is 2.06. The maximum absolute atomic E-state index is 12.1. The van der Waals surface area contributed by atoms with Crippen LogP contribution in [0.2, 0.25) is 5.02 Å². The molecular formula is C18H18ClNO2. The molecule has 0 saturated carbocycles. The van der Waals surface area contributed by atoms with Crippen molar-refractivity contribution >= 4 is 23.6 Å². The summed E-state index contributed by atoms with van der Waals surface area (Å²) < 4.78 is 5.12. The number of likely N-dealkylation sites (N-methyl/N-ethyl adjacent to an activating group) is 1. The van der Waals surface area contributed by atoms with Gasteiger partial charge in [0.2, 0.25) is 5.91 Å². The standard InChI is InChI=1S/C18H18ClNO2/c1-20(13-15-5-10-17(22-2)11-6-15)18(21)12-7-14-3-8-16(19)9-4-14/h3-12H,13H2,1-2H3/b12-7+. The molecule has 2 rings (SSSR count). The number of methoxy groups -OCH3 is 1. The average Bonchev–Trinajstić information content (AvgIpc) is 2.54. The van der Waals surface area contributed by atoms with Gasteiger partial charge in [0.15, 0.2) is 0 Å². The summed E-state index contributed by atoms with van der Waals surface area (Å²) in [5.41, 5.74) is 1.99. The number of nitrogens with zero attached hydrogens (tertiary/aromatic N) is 1. The molecule has 2 aromatic rings. The molecule has 0 fully saturated rings. The number of hydrogen-bond acceptors (Lipinski definition) is 2. The molecule has 0 aromatic heterocycles. The van der Waals surface area contributed by atoms with Gasteiger partial charge in [-0.05, 0) is 41.5 Å². The first kappa shape index (κ1) is 16.1. The van der Waals surface area contributed by atoms with Crippen LogP contribution >= 0.6 is 11.6 Å². The Labute approximate surface area is 135 Å². The lowest BCUT2D eigenvalue weighted by atomic mass is 10.2. The summed E-state index contributed by atoms with van der Waals surface area (Å²) in [5, 5.41) is 0.681. The minimum absolute atomic E-state index is 0.0502. The monoisotopic (exact) mass is 315 g/mol. The van der Waals surface area contributed by atoms with Crippen molar-refractivity contribution in [3.05, 3.63) is 70.8 Å². The fourth-order valence-corrected chi connectivity index (χ4v) is 2.08. The number of halogens is 1. The third-order valence-corrected chi connectivity index (χ3v) is 3.50. The van der Waals surface area contributed by atoms with Gasteiger partial charge < -0.3 is 9.64 Å². The van der Waals surface area contributed by atoms with Gasteiger partial charge >= 0.3 is 0 Å². The van der Waals surface area contributed by atoms with Gasteiger partial charge in [0.25, 0.3) is 0 Å². The van der Waals surface area contributed by atoms with Crippen LogP contribution in [0.5, 0.6) is 5.75 Å². The summed E-state index contributed by atoms with van der Waals surface area (Å²) in [6.07, 6.45) is 3.34. The summed E-state index contributed by atoms with van der Waals surface area (Å²) in [5.74, 6) is 0.756. The lowest BCUT2D eigenvalue weighted by Gasteiger charge is -2.15. The number of carbonyl (C=O) groups excluding carboxylic acids is 1. The van der Waals surface area contributed by atoms with Crippen LogP contribution in [0.15, 0.2) is 54.6 Å². The van der Waals surface area contributed by atoms with Crippen molar-refractivity contribution in [2.24, 2.45) is 0 Å². The largest absolute Gasteiger partial charge is 0.497 e. The first-order chi connectivity index (χ1) is 10.6. The quantitative estimate of drug-likeness (QED) is 0.780. The zero-order valence-electron chi connectivity index (χ0n) is 12.6. The first-order valence-electron chi connectivity index (χ1n) is 6.90. The molecule has 22 heavy (non-hydrogen) atoms. The van der Waals surface area contributed by atoms with Crippen LogP contribution < -0.4 is 4.74 Å². The minimum Gasteiger partial charge on any atom is -0.497 e. The van der Waals surface area contributed by atoms with Gasteiger partial charge in [-0.15, -0.1) is 0 Å². The number of hydrogen-bond donors (Lipinski definition) is 0. The van der Waals surface area contributed by atoms with Crippen LogP contribution in [-0.4, -0.2) is 25.0 Å². The van der Waals surface area contributed by atoms with Gasteiger partial charge in [0.05, 0.1) is 7.11 Å². The van der Waals surface area contributed by atoms with Crippen molar-refractivity contribution in [3.8, 4) is 5.75 Å². The second-order valence-electron chi connectivity index (χ2n) is 4.93. The minimum atomic E-state index is -0.0502. The van der Waals surface area contributed by atoms with Crippen molar-refractivity contribution in [2.75, 3.05) is 14.2 Å². The van der Waals surface area contributed by atoms with E-state index in [0.29, 0.717) is 11.6 Å². The molecule has 114 valence electrons. The SMILES string of the molecule is COc1ccc(CN(C)C(=O)/C=C/c2ccc(Cl)cc2)cc1. The molecule has 4 heteroatoms. The molecule has 0 spiro atoms. The predicted molar refractivity (Wildman–Crippen MR) is 90.0 cm³/mol. The van der Waals surface area contributed by atoms with Gasteiger partial charge in [-0.25, -0.2) is 0 Å². The molecule has 0 saturated heterocycles. The number of benzene rings is 2. The van der Waals surface area contributed by atoms with Gasteiger partial charge in [0.1, 0.15) is 5.75 Å². The van der Waals surface area contributed by atoms with E-state index in [9.17, 15) is 4.79 Å². The van der Waals surface area contributed by atoms with Crippen LogP contribution in [0.4, 0.5) is 0 Å². The Morgan fingerprint density at radius 1 is 1.14 bits per heavy atom. The molecule has 0 radical (unpaired) electrons. The van der Waals surface area contributed by atoms with E-state index in [1.807, 2.05) is 36.4 Å². The summed E-state index contributed by atoms with van der Waals surface area (Å²) in [4.78, 5) is 13.8. The number of amides is 1. The summed E-state index contributed by atoms with van der Waals surface area (Å²) >= 11 is 5.83. The van der Waals surface area contributed by atoms with E-state index < -0.39 is 0 Å². The summed E-state index contributed by atoms with van der Waals surface area (Å²) in [6.45, 7) is 0.549. The van der Waals surface area contributed by atoms with E-state index in [0.717, 1.165) is 16.9 Å². The average molecular weight is 316 g/mol. The summed E-state index contributed by atoms with van der Waals surface area (Å²) in [6, 6.07) is 15.0. The van der Waals surface area contributed by atoms with E-state index in [2.05, 4.69) is 0 Å². The Bertz CT molecular complexity index is 648. The molecule has 0 N–H and O–H groups in total. The van der Waals surface area contributed by atoms with Crippen molar-refractivity contribution in [2.45, 2.75) is 6.54 Å². The van der Waals surface area contributed by atoms with E-state index in [1.165, 1.54) is 0 Å². The third-order valence-electron chi connectivity index (χ3n) is 3.24. The van der Waals surface area contributed by atoms with Gasteiger partial charge in [-0.1, -0.05) is 35.9 Å². The molecule has 0 atom stereocenters. The molecule has 0 aliphatic carbocycles. The molecule has 0 unspecified atom stereocenters. The summed E-state index contributed by atoms with van der Waals surface area (Å²) in [7, 11) is 3.41. The number of rotatable bonds is 5. The Morgan fingerprint density at radius 2 is 1.77 bits per heavy atom. The van der Waals surface area contributed by atoms with Crippen LogP contribution in [-0.2, 0) is 11.3 Å². The Hall–Kier alpha value is -2.26. The Balaban J connectivity index is 1.94. The van der Waals surface area contributed by atoms with Crippen LogP contribution in [0.3, 0.4) is 0 Å². The fraction of sp³-hybridized carbons (Fsp3) is 0.167. The highest BCUT2D eigenvalue weighted by atomic mass is 35.5. The second kappa shape index (κ2) is 7.66. The van der Waals surface area contributed by atoms with Crippen LogP contribution in [0.1, 0.15) is 11.1 Å². The molecular weight excluding hydrogens is 298 g/mol. The fourth-order valence-electron chi connectivity index (χ4n) is 1.95. The lowest BCUT2D eigenvalue weighted by Crippen LogP contribution is -2.24.